The van der Waals surface area contributed by atoms with Crippen LogP contribution in [0.5, 0.6) is 0 Å². The molecule has 0 saturated heterocycles. The molecule has 0 amide bonds. The fourth-order valence-electron chi connectivity index (χ4n) is 1.47. The quantitative estimate of drug-likeness (QED) is 0.887. The van der Waals surface area contributed by atoms with Crippen molar-refractivity contribution in [3.63, 3.8) is 0 Å². The molecule has 0 aliphatic heterocycles. The molecule has 0 spiro atoms. The SMILES string of the molecule is Cn1cnnc1CNc1ccc(S(C)(=O)=O)cc1. The van der Waals surface area contributed by atoms with E-state index >= 15 is 0 Å². The first-order valence-electron chi connectivity index (χ1n) is 5.34. The van der Waals surface area contributed by atoms with Crippen molar-refractivity contribution in [2.45, 2.75) is 11.4 Å². The molecule has 0 unspecified atom stereocenters. The number of benzene rings is 1. The van der Waals surface area contributed by atoms with Crippen LogP contribution in [-0.2, 0) is 23.4 Å². The van der Waals surface area contributed by atoms with Gasteiger partial charge in [0.15, 0.2) is 15.7 Å². The zero-order chi connectivity index (χ0) is 13.2. The van der Waals surface area contributed by atoms with Gasteiger partial charge in [0.05, 0.1) is 11.4 Å². The summed E-state index contributed by atoms with van der Waals surface area (Å²) in [4.78, 5) is 0.312. The van der Waals surface area contributed by atoms with Gasteiger partial charge >= 0.3 is 0 Å². The summed E-state index contributed by atoms with van der Waals surface area (Å²) < 4.78 is 24.4. The molecular weight excluding hydrogens is 252 g/mol. The van der Waals surface area contributed by atoms with E-state index in [4.69, 9.17) is 0 Å². The van der Waals surface area contributed by atoms with Crippen molar-refractivity contribution in [1.29, 1.82) is 0 Å². The van der Waals surface area contributed by atoms with Crippen LogP contribution in [0.3, 0.4) is 0 Å². The van der Waals surface area contributed by atoms with Crippen LogP contribution < -0.4 is 5.32 Å². The largest absolute Gasteiger partial charge is 0.378 e. The summed E-state index contributed by atoms with van der Waals surface area (Å²) in [5, 5.41) is 10.9. The van der Waals surface area contributed by atoms with Gasteiger partial charge in [-0.3, -0.25) is 0 Å². The predicted octanol–water partition coefficient (Wildman–Crippen LogP) is 0.831. The minimum absolute atomic E-state index is 0.312. The number of hydrogen-bond donors (Lipinski definition) is 1. The fourth-order valence-corrected chi connectivity index (χ4v) is 2.10. The van der Waals surface area contributed by atoms with Gasteiger partial charge in [-0.25, -0.2) is 8.42 Å². The van der Waals surface area contributed by atoms with Crippen LogP contribution in [-0.4, -0.2) is 29.4 Å². The molecule has 7 heteroatoms. The Morgan fingerprint density at radius 2 is 1.94 bits per heavy atom. The molecule has 2 aromatic rings. The molecule has 0 fully saturated rings. The van der Waals surface area contributed by atoms with E-state index in [0.29, 0.717) is 11.4 Å². The maximum absolute atomic E-state index is 11.3. The third-order valence-electron chi connectivity index (χ3n) is 2.54. The molecule has 6 nitrogen and oxygen atoms in total. The number of sulfone groups is 1. The monoisotopic (exact) mass is 266 g/mol. The molecule has 0 atom stereocenters. The summed E-state index contributed by atoms with van der Waals surface area (Å²) in [6, 6.07) is 6.61. The van der Waals surface area contributed by atoms with Gasteiger partial charge in [0.25, 0.3) is 0 Å². The lowest BCUT2D eigenvalue weighted by Gasteiger charge is -2.06. The lowest BCUT2D eigenvalue weighted by atomic mass is 10.3. The Bertz CT molecular complexity index is 631. The van der Waals surface area contributed by atoms with E-state index in [1.165, 1.54) is 6.26 Å². The third kappa shape index (κ3) is 2.86. The number of nitrogens with one attached hydrogen (secondary N) is 1. The van der Waals surface area contributed by atoms with Crippen molar-refractivity contribution in [1.82, 2.24) is 14.8 Å². The third-order valence-corrected chi connectivity index (χ3v) is 3.67. The van der Waals surface area contributed by atoms with Crippen LogP contribution in [0.15, 0.2) is 35.5 Å². The van der Waals surface area contributed by atoms with Crippen molar-refractivity contribution >= 4 is 15.5 Å². The molecule has 96 valence electrons. The van der Waals surface area contributed by atoms with Gasteiger partial charge in [0.1, 0.15) is 6.33 Å². The minimum atomic E-state index is -3.14. The molecule has 0 aliphatic carbocycles. The standard InChI is InChI=1S/C11H14N4O2S/c1-15-8-13-14-11(15)7-12-9-3-5-10(6-4-9)18(2,16)17/h3-6,8,12H,7H2,1-2H3. The summed E-state index contributed by atoms with van der Waals surface area (Å²) in [7, 11) is -1.27. The van der Waals surface area contributed by atoms with Gasteiger partial charge in [-0.1, -0.05) is 0 Å². The Balaban J connectivity index is 2.05. The lowest BCUT2D eigenvalue weighted by molar-refractivity contribution is 0.602. The first-order valence-corrected chi connectivity index (χ1v) is 7.23. The second-order valence-electron chi connectivity index (χ2n) is 4.01. The highest BCUT2D eigenvalue weighted by atomic mass is 32.2. The Hall–Kier alpha value is -1.89. The topological polar surface area (TPSA) is 76.9 Å². The van der Waals surface area contributed by atoms with E-state index in [0.717, 1.165) is 11.5 Å². The average Bonchev–Trinajstić information content (AvgIpc) is 2.72. The van der Waals surface area contributed by atoms with E-state index in [2.05, 4.69) is 15.5 Å². The molecule has 18 heavy (non-hydrogen) atoms. The van der Waals surface area contributed by atoms with Crippen molar-refractivity contribution in [3.8, 4) is 0 Å². The highest BCUT2D eigenvalue weighted by Gasteiger charge is 2.06. The molecule has 2 rings (SSSR count). The summed E-state index contributed by atoms with van der Waals surface area (Å²) >= 11 is 0. The summed E-state index contributed by atoms with van der Waals surface area (Å²) in [5.74, 6) is 0.808. The van der Waals surface area contributed by atoms with Crippen molar-refractivity contribution in [3.05, 3.63) is 36.4 Å². The van der Waals surface area contributed by atoms with Gasteiger partial charge < -0.3 is 9.88 Å². The van der Waals surface area contributed by atoms with Gasteiger partial charge in [-0.15, -0.1) is 10.2 Å². The minimum Gasteiger partial charge on any atom is -0.378 e. The van der Waals surface area contributed by atoms with Gasteiger partial charge in [-0.05, 0) is 24.3 Å². The zero-order valence-corrected chi connectivity index (χ0v) is 11.0. The number of anilines is 1. The number of rotatable bonds is 4. The van der Waals surface area contributed by atoms with E-state index in [1.54, 1.807) is 30.6 Å². The highest BCUT2D eigenvalue weighted by molar-refractivity contribution is 7.90. The van der Waals surface area contributed by atoms with Crippen LogP contribution in [0.4, 0.5) is 5.69 Å². The van der Waals surface area contributed by atoms with Crippen LogP contribution in [0.25, 0.3) is 0 Å². The van der Waals surface area contributed by atoms with Gasteiger partial charge in [0.2, 0.25) is 0 Å². The van der Waals surface area contributed by atoms with E-state index in [-0.39, 0.29) is 0 Å². The van der Waals surface area contributed by atoms with E-state index < -0.39 is 9.84 Å². The fraction of sp³-hybridized carbons (Fsp3) is 0.273. The van der Waals surface area contributed by atoms with Gasteiger partial charge in [0, 0.05) is 19.0 Å². The normalized spacial score (nSPS) is 11.4. The molecule has 1 aromatic heterocycles. The first kappa shape index (κ1) is 12.6. The van der Waals surface area contributed by atoms with Crippen LogP contribution >= 0.6 is 0 Å². The molecule has 1 heterocycles. The van der Waals surface area contributed by atoms with Crippen molar-refractivity contribution < 1.29 is 8.42 Å². The van der Waals surface area contributed by atoms with Crippen LogP contribution in [0.2, 0.25) is 0 Å². The summed E-state index contributed by atoms with van der Waals surface area (Å²) in [6.45, 7) is 0.536. The maximum Gasteiger partial charge on any atom is 0.175 e. The maximum atomic E-state index is 11.3. The number of aromatic nitrogens is 3. The molecule has 0 bridgehead atoms. The smallest absolute Gasteiger partial charge is 0.175 e. The predicted molar refractivity (Wildman–Crippen MR) is 67.9 cm³/mol. The summed E-state index contributed by atoms with van der Waals surface area (Å²) in [6.07, 6.45) is 2.82. The molecular formula is C11H14N4O2S. The van der Waals surface area contributed by atoms with Crippen molar-refractivity contribution in [2.75, 3.05) is 11.6 Å². The summed E-state index contributed by atoms with van der Waals surface area (Å²) in [5.41, 5.74) is 0.838. The zero-order valence-electron chi connectivity index (χ0n) is 10.2. The second kappa shape index (κ2) is 4.77. The molecule has 0 aliphatic rings. The van der Waals surface area contributed by atoms with Crippen molar-refractivity contribution in [2.24, 2.45) is 7.05 Å². The van der Waals surface area contributed by atoms with E-state index in [9.17, 15) is 8.42 Å². The lowest BCUT2D eigenvalue weighted by Crippen LogP contribution is -2.05. The molecule has 1 aromatic carbocycles. The van der Waals surface area contributed by atoms with Gasteiger partial charge in [-0.2, -0.15) is 0 Å². The Morgan fingerprint density at radius 1 is 1.28 bits per heavy atom. The number of hydrogen-bond acceptors (Lipinski definition) is 5. The molecule has 0 saturated carbocycles. The number of aryl methyl sites for hydroxylation is 1. The Morgan fingerprint density at radius 3 is 2.44 bits per heavy atom. The Labute approximate surface area is 106 Å². The average molecular weight is 266 g/mol. The molecule has 1 N–H and O–H groups in total. The highest BCUT2D eigenvalue weighted by Crippen LogP contribution is 2.14. The number of nitrogens with zero attached hydrogens (tertiary/aromatic N) is 3. The van der Waals surface area contributed by atoms with Crippen LogP contribution in [0, 0.1) is 0 Å². The van der Waals surface area contributed by atoms with E-state index in [1.807, 2.05) is 11.6 Å². The van der Waals surface area contributed by atoms with Crippen LogP contribution in [0.1, 0.15) is 5.82 Å². The molecule has 0 radical (unpaired) electrons. The second-order valence-corrected chi connectivity index (χ2v) is 6.02. The first-order chi connectivity index (χ1) is 8.47. The Kier molecular flexibility index (Phi) is 3.33.